The van der Waals surface area contributed by atoms with Crippen LogP contribution in [0.1, 0.15) is 20.3 Å². The van der Waals surface area contributed by atoms with Crippen molar-refractivity contribution in [1.82, 2.24) is 0 Å². The van der Waals surface area contributed by atoms with Crippen LogP contribution in [0.3, 0.4) is 0 Å². The van der Waals surface area contributed by atoms with E-state index in [9.17, 15) is 13.2 Å². The summed E-state index contributed by atoms with van der Waals surface area (Å²) in [6.45, 7) is 3.82. The van der Waals surface area contributed by atoms with Gasteiger partial charge in [0.2, 0.25) is 0 Å². The average molecular weight is 352 g/mol. The number of amidine groups is 1. The van der Waals surface area contributed by atoms with Gasteiger partial charge in [0, 0.05) is 16.9 Å². The lowest BCUT2D eigenvalue weighted by Crippen LogP contribution is -2.37. The van der Waals surface area contributed by atoms with Crippen molar-refractivity contribution in [3.05, 3.63) is 30.3 Å². The van der Waals surface area contributed by atoms with Gasteiger partial charge in [0.1, 0.15) is 0 Å². The number of thioether (sulfide) groups is 1. The molecule has 0 saturated carbocycles. The molecule has 7 heteroatoms. The number of hydrogen-bond acceptors (Lipinski definition) is 4. The highest BCUT2D eigenvalue weighted by Gasteiger charge is 2.49. The number of carbonyl (C=O) groups is 1. The summed E-state index contributed by atoms with van der Waals surface area (Å²) >= 11 is 1.42. The molecular weight excluding hydrogens is 332 g/mol. The van der Waals surface area contributed by atoms with E-state index >= 15 is 0 Å². The number of carbonyl (C=O) groups excluding carboxylic acids is 1. The van der Waals surface area contributed by atoms with Crippen molar-refractivity contribution in [1.29, 1.82) is 0 Å². The lowest BCUT2D eigenvalue weighted by molar-refractivity contribution is -0.121. The van der Waals surface area contributed by atoms with Crippen LogP contribution in [0.4, 0.5) is 5.69 Å². The van der Waals surface area contributed by atoms with Crippen LogP contribution in [-0.4, -0.2) is 42.3 Å². The van der Waals surface area contributed by atoms with E-state index in [1.165, 1.54) is 11.8 Å². The standard InChI is InChI=1S/C16H20N2O3S2/c1-3-11(2)15(19)17-16-18(12-7-5-4-6-8-12)13-9-23(20,21)10-14(13)22-16/h4-8,11,13-14H,3,9-10H2,1-2H3/t11-,13-,14+/m1/s1. The molecule has 3 rings (SSSR count). The number of benzene rings is 1. The summed E-state index contributed by atoms with van der Waals surface area (Å²) in [5, 5.41) is 0.579. The fourth-order valence-electron chi connectivity index (χ4n) is 2.83. The summed E-state index contributed by atoms with van der Waals surface area (Å²) in [4.78, 5) is 18.4. The summed E-state index contributed by atoms with van der Waals surface area (Å²) in [6, 6.07) is 9.44. The van der Waals surface area contributed by atoms with E-state index in [1.54, 1.807) is 0 Å². The molecule has 0 bridgehead atoms. The van der Waals surface area contributed by atoms with Crippen LogP contribution < -0.4 is 4.90 Å². The molecule has 0 radical (unpaired) electrons. The summed E-state index contributed by atoms with van der Waals surface area (Å²) in [7, 11) is -3.02. The average Bonchev–Trinajstić information content (AvgIpc) is 2.98. The normalized spacial score (nSPS) is 28.8. The third kappa shape index (κ3) is 3.30. The van der Waals surface area contributed by atoms with Gasteiger partial charge >= 0.3 is 0 Å². The molecule has 0 spiro atoms. The van der Waals surface area contributed by atoms with Gasteiger partial charge in [-0.3, -0.25) is 4.79 Å². The van der Waals surface area contributed by atoms with E-state index in [-0.39, 0.29) is 34.6 Å². The predicted octanol–water partition coefficient (Wildman–Crippen LogP) is 2.33. The number of rotatable bonds is 3. The molecule has 2 aliphatic heterocycles. The highest BCUT2D eigenvalue weighted by molar-refractivity contribution is 8.16. The molecule has 124 valence electrons. The quantitative estimate of drug-likeness (QED) is 0.835. The second-order valence-corrected chi connectivity index (χ2v) is 9.41. The van der Waals surface area contributed by atoms with Gasteiger partial charge in [0.25, 0.3) is 5.91 Å². The molecule has 2 heterocycles. The lowest BCUT2D eigenvalue weighted by Gasteiger charge is -2.24. The van der Waals surface area contributed by atoms with Crippen LogP contribution in [0.2, 0.25) is 0 Å². The molecule has 2 aliphatic rings. The first-order valence-corrected chi connectivity index (χ1v) is 10.5. The van der Waals surface area contributed by atoms with Crippen molar-refractivity contribution in [2.75, 3.05) is 16.4 Å². The largest absolute Gasteiger partial charge is 0.316 e. The molecule has 5 nitrogen and oxygen atoms in total. The van der Waals surface area contributed by atoms with E-state index in [0.29, 0.717) is 5.17 Å². The number of anilines is 1. The van der Waals surface area contributed by atoms with Crippen LogP contribution >= 0.6 is 11.8 Å². The van der Waals surface area contributed by atoms with Gasteiger partial charge in [-0.05, 0) is 18.6 Å². The van der Waals surface area contributed by atoms with Crippen molar-refractivity contribution < 1.29 is 13.2 Å². The Kier molecular flexibility index (Phi) is 4.51. The molecule has 1 amide bonds. The van der Waals surface area contributed by atoms with E-state index in [2.05, 4.69) is 4.99 Å². The zero-order chi connectivity index (χ0) is 16.6. The molecule has 23 heavy (non-hydrogen) atoms. The number of hydrogen-bond donors (Lipinski definition) is 0. The fraction of sp³-hybridized carbons (Fsp3) is 0.500. The van der Waals surface area contributed by atoms with Gasteiger partial charge in [0.05, 0.1) is 17.5 Å². The Morgan fingerprint density at radius 1 is 1.35 bits per heavy atom. The third-order valence-electron chi connectivity index (χ3n) is 4.34. The van der Waals surface area contributed by atoms with E-state index in [0.717, 1.165) is 12.1 Å². The Morgan fingerprint density at radius 3 is 2.70 bits per heavy atom. The summed E-state index contributed by atoms with van der Waals surface area (Å²) in [5.41, 5.74) is 0.889. The van der Waals surface area contributed by atoms with Gasteiger partial charge in [-0.2, -0.15) is 4.99 Å². The van der Waals surface area contributed by atoms with Gasteiger partial charge in [-0.1, -0.05) is 43.8 Å². The molecular formula is C16H20N2O3S2. The number of nitrogens with zero attached hydrogens (tertiary/aromatic N) is 2. The predicted molar refractivity (Wildman–Crippen MR) is 94.6 cm³/mol. The first-order valence-electron chi connectivity index (χ1n) is 7.75. The van der Waals surface area contributed by atoms with Crippen molar-refractivity contribution in [2.45, 2.75) is 31.6 Å². The van der Waals surface area contributed by atoms with Gasteiger partial charge in [-0.15, -0.1) is 0 Å². The number of sulfone groups is 1. The fourth-order valence-corrected chi connectivity index (χ4v) is 6.75. The molecule has 1 aromatic carbocycles. The molecule has 2 saturated heterocycles. The number of fused-ring (bicyclic) bond motifs is 1. The van der Waals surface area contributed by atoms with Gasteiger partial charge in [-0.25, -0.2) is 8.42 Å². The molecule has 0 aromatic heterocycles. The molecule has 0 unspecified atom stereocenters. The Balaban J connectivity index is 1.97. The van der Waals surface area contributed by atoms with Crippen LogP contribution in [0.15, 0.2) is 35.3 Å². The lowest BCUT2D eigenvalue weighted by atomic mass is 10.1. The van der Waals surface area contributed by atoms with Gasteiger partial charge < -0.3 is 4.90 Å². The maximum Gasteiger partial charge on any atom is 0.250 e. The SMILES string of the molecule is CC[C@@H](C)C(=O)N=C1S[C@H]2CS(=O)(=O)C[C@H]2N1c1ccccc1. The smallest absolute Gasteiger partial charge is 0.250 e. The van der Waals surface area contributed by atoms with E-state index in [4.69, 9.17) is 0 Å². The van der Waals surface area contributed by atoms with Crippen LogP contribution in [-0.2, 0) is 14.6 Å². The minimum atomic E-state index is -3.02. The van der Waals surface area contributed by atoms with Crippen LogP contribution in [0, 0.1) is 5.92 Å². The second-order valence-electron chi connectivity index (χ2n) is 6.05. The first kappa shape index (κ1) is 16.5. The summed E-state index contributed by atoms with van der Waals surface area (Å²) in [5.74, 6) is 0.0156. The van der Waals surface area contributed by atoms with E-state index < -0.39 is 9.84 Å². The number of para-hydroxylation sites is 1. The molecule has 3 atom stereocenters. The third-order valence-corrected chi connectivity index (χ3v) is 7.55. The van der Waals surface area contributed by atoms with Crippen molar-refractivity contribution >= 4 is 38.4 Å². The Morgan fingerprint density at radius 2 is 2.04 bits per heavy atom. The Bertz CT molecular complexity index is 731. The topological polar surface area (TPSA) is 66.8 Å². The van der Waals surface area contributed by atoms with Crippen molar-refractivity contribution in [3.8, 4) is 0 Å². The Hall–Kier alpha value is -1.34. The van der Waals surface area contributed by atoms with Crippen LogP contribution in [0.5, 0.6) is 0 Å². The zero-order valence-corrected chi connectivity index (χ0v) is 14.8. The molecule has 0 N–H and O–H groups in total. The number of aliphatic imine (C=N–C) groups is 1. The van der Waals surface area contributed by atoms with Crippen molar-refractivity contribution in [3.63, 3.8) is 0 Å². The Labute approximate surface area is 141 Å². The van der Waals surface area contributed by atoms with Gasteiger partial charge in [0.15, 0.2) is 15.0 Å². The summed E-state index contributed by atoms with van der Waals surface area (Å²) < 4.78 is 23.9. The maximum atomic E-state index is 12.2. The molecule has 0 aliphatic carbocycles. The summed E-state index contributed by atoms with van der Waals surface area (Å²) in [6.07, 6.45) is 0.743. The molecule has 1 aromatic rings. The van der Waals surface area contributed by atoms with Crippen molar-refractivity contribution in [2.24, 2.45) is 10.9 Å². The van der Waals surface area contributed by atoms with Crippen LogP contribution in [0.25, 0.3) is 0 Å². The zero-order valence-electron chi connectivity index (χ0n) is 13.2. The second kappa shape index (κ2) is 6.28. The highest BCUT2D eigenvalue weighted by Crippen LogP contribution is 2.40. The highest BCUT2D eigenvalue weighted by atomic mass is 32.2. The minimum Gasteiger partial charge on any atom is -0.316 e. The van der Waals surface area contributed by atoms with E-state index in [1.807, 2.05) is 49.1 Å². The minimum absolute atomic E-state index is 0.0521. The first-order chi connectivity index (χ1) is 10.9. The molecule has 2 fully saturated rings. The monoisotopic (exact) mass is 352 g/mol. The maximum absolute atomic E-state index is 12.2. The number of amides is 1.